The molecule has 1 aliphatic heterocycles. The van der Waals surface area contributed by atoms with Crippen LogP contribution in [0.15, 0.2) is 42.5 Å². The number of hydrogen-bond donors (Lipinski definition) is 0. The second-order valence-corrected chi connectivity index (χ2v) is 6.15. The molecule has 3 aromatic rings. The molecule has 4 rings (SSSR count). The van der Waals surface area contributed by atoms with E-state index in [0.717, 1.165) is 22.0 Å². The Morgan fingerprint density at radius 2 is 1.42 bits per heavy atom. The Balaban J connectivity index is 2.03. The van der Waals surface area contributed by atoms with Crippen LogP contribution in [0, 0.1) is 20.8 Å². The Morgan fingerprint density at radius 1 is 0.792 bits per heavy atom. The molecule has 2 aromatic carbocycles. The number of para-hydroxylation sites is 2. The fraction of sp³-hybridized carbons (Fsp3) is 0.150. The zero-order valence-corrected chi connectivity index (χ0v) is 13.8. The molecule has 1 aromatic heterocycles. The van der Waals surface area contributed by atoms with E-state index in [-0.39, 0.29) is 11.8 Å². The Hall–Kier alpha value is -3.01. The molecule has 0 N–H and O–H groups in total. The molecule has 118 valence electrons. The lowest BCUT2D eigenvalue weighted by molar-refractivity contribution is 0.0926. The van der Waals surface area contributed by atoms with Crippen molar-refractivity contribution < 1.29 is 9.59 Å². The summed E-state index contributed by atoms with van der Waals surface area (Å²) in [5.41, 5.74) is 4.69. The van der Waals surface area contributed by atoms with Crippen LogP contribution in [0.2, 0.25) is 0 Å². The SMILES string of the molecule is Cc1cccc(C)c1N1C(=O)c2c(C)nc3ccccc3c2C1=O. The Labute approximate surface area is 139 Å². The monoisotopic (exact) mass is 316 g/mol. The normalized spacial score (nSPS) is 13.7. The van der Waals surface area contributed by atoms with Gasteiger partial charge < -0.3 is 0 Å². The van der Waals surface area contributed by atoms with Crippen molar-refractivity contribution in [3.8, 4) is 0 Å². The van der Waals surface area contributed by atoms with Gasteiger partial charge in [-0.1, -0.05) is 36.4 Å². The number of aryl methyl sites for hydroxylation is 3. The highest BCUT2D eigenvalue weighted by Crippen LogP contribution is 2.36. The molecule has 0 radical (unpaired) electrons. The minimum atomic E-state index is -0.289. The molecule has 0 unspecified atom stereocenters. The molecule has 4 nitrogen and oxygen atoms in total. The second kappa shape index (κ2) is 4.99. The largest absolute Gasteiger partial charge is 0.268 e. The molecule has 4 heteroatoms. The van der Waals surface area contributed by atoms with Crippen LogP contribution >= 0.6 is 0 Å². The number of carbonyl (C=O) groups is 2. The fourth-order valence-electron chi connectivity index (χ4n) is 3.50. The van der Waals surface area contributed by atoms with E-state index in [1.165, 1.54) is 4.90 Å². The highest BCUT2D eigenvalue weighted by Gasteiger charge is 2.41. The van der Waals surface area contributed by atoms with Crippen LogP contribution in [0.1, 0.15) is 37.5 Å². The molecule has 1 aliphatic rings. The average molecular weight is 316 g/mol. The number of benzene rings is 2. The molecule has 0 atom stereocenters. The lowest BCUT2D eigenvalue weighted by Gasteiger charge is -2.19. The molecule has 2 amide bonds. The number of amides is 2. The minimum absolute atomic E-state index is 0.269. The van der Waals surface area contributed by atoms with E-state index in [1.807, 2.05) is 56.3 Å². The van der Waals surface area contributed by atoms with Gasteiger partial charge in [-0.3, -0.25) is 14.6 Å². The summed E-state index contributed by atoms with van der Waals surface area (Å²) in [6, 6.07) is 13.2. The summed E-state index contributed by atoms with van der Waals surface area (Å²) in [5, 5.41) is 0.727. The molecule has 0 fully saturated rings. The first kappa shape index (κ1) is 14.6. The first-order valence-corrected chi connectivity index (χ1v) is 7.85. The van der Waals surface area contributed by atoms with E-state index in [2.05, 4.69) is 4.98 Å². The minimum Gasteiger partial charge on any atom is -0.268 e. The van der Waals surface area contributed by atoms with Gasteiger partial charge in [0.1, 0.15) is 0 Å². The third-order valence-corrected chi connectivity index (χ3v) is 4.57. The summed E-state index contributed by atoms with van der Waals surface area (Å²) >= 11 is 0. The van der Waals surface area contributed by atoms with Crippen molar-refractivity contribution in [3.63, 3.8) is 0 Å². The highest BCUT2D eigenvalue weighted by molar-refractivity contribution is 6.38. The Bertz CT molecular complexity index is 1020. The Kier molecular flexibility index (Phi) is 3.03. The van der Waals surface area contributed by atoms with Crippen LogP contribution < -0.4 is 4.90 Å². The average Bonchev–Trinajstić information content (AvgIpc) is 2.81. The van der Waals surface area contributed by atoms with Gasteiger partial charge in [0.15, 0.2) is 0 Å². The lowest BCUT2D eigenvalue weighted by Crippen LogP contribution is -2.31. The molecule has 0 bridgehead atoms. The first-order valence-electron chi connectivity index (χ1n) is 7.85. The van der Waals surface area contributed by atoms with Gasteiger partial charge in [-0.15, -0.1) is 0 Å². The van der Waals surface area contributed by atoms with E-state index in [0.29, 0.717) is 22.5 Å². The summed E-state index contributed by atoms with van der Waals surface area (Å²) in [7, 11) is 0. The molecular weight excluding hydrogens is 300 g/mol. The van der Waals surface area contributed by atoms with Gasteiger partial charge >= 0.3 is 0 Å². The molecule has 0 spiro atoms. The van der Waals surface area contributed by atoms with E-state index >= 15 is 0 Å². The summed E-state index contributed by atoms with van der Waals surface area (Å²) in [6.07, 6.45) is 0. The number of hydrogen-bond acceptors (Lipinski definition) is 3. The van der Waals surface area contributed by atoms with Crippen LogP contribution in [0.25, 0.3) is 10.9 Å². The van der Waals surface area contributed by atoms with Crippen LogP contribution in [-0.2, 0) is 0 Å². The second-order valence-electron chi connectivity index (χ2n) is 6.15. The molecule has 0 aliphatic carbocycles. The zero-order valence-electron chi connectivity index (χ0n) is 13.8. The fourth-order valence-corrected chi connectivity index (χ4v) is 3.50. The van der Waals surface area contributed by atoms with Gasteiger partial charge in [0.05, 0.1) is 28.0 Å². The van der Waals surface area contributed by atoms with E-state index < -0.39 is 0 Å². The zero-order chi connectivity index (χ0) is 17.0. The lowest BCUT2D eigenvalue weighted by atomic mass is 10.0. The summed E-state index contributed by atoms with van der Waals surface area (Å²) in [6.45, 7) is 5.61. The maximum atomic E-state index is 13.2. The van der Waals surface area contributed by atoms with Gasteiger partial charge in [-0.05, 0) is 38.0 Å². The van der Waals surface area contributed by atoms with Crippen molar-refractivity contribution in [2.24, 2.45) is 0 Å². The number of aromatic nitrogens is 1. The third kappa shape index (κ3) is 1.83. The van der Waals surface area contributed by atoms with Crippen LogP contribution in [0.4, 0.5) is 5.69 Å². The molecule has 0 saturated carbocycles. The van der Waals surface area contributed by atoms with Gasteiger partial charge in [0, 0.05) is 5.39 Å². The van der Waals surface area contributed by atoms with Gasteiger partial charge in [-0.2, -0.15) is 0 Å². The van der Waals surface area contributed by atoms with Crippen molar-refractivity contribution in [1.29, 1.82) is 0 Å². The summed E-state index contributed by atoms with van der Waals surface area (Å²) < 4.78 is 0. The molecule has 2 heterocycles. The van der Waals surface area contributed by atoms with Gasteiger partial charge in [0.25, 0.3) is 11.8 Å². The van der Waals surface area contributed by atoms with Crippen molar-refractivity contribution in [2.45, 2.75) is 20.8 Å². The topological polar surface area (TPSA) is 50.3 Å². The molecular formula is C20H16N2O2. The van der Waals surface area contributed by atoms with Gasteiger partial charge in [-0.25, -0.2) is 4.90 Å². The van der Waals surface area contributed by atoms with Crippen molar-refractivity contribution in [1.82, 2.24) is 4.98 Å². The van der Waals surface area contributed by atoms with Crippen molar-refractivity contribution in [3.05, 3.63) is 70.4 Å². The molecule has 24 heavy (non-hydrogen) atoms. The predicted molar refractivity (Wildman–Crippen MR) is 93.5 cm³/mol. The van der Waals surface area contributed by atoms with Crippen LogP contribution in [0.5, 0.6) is 0 Å². The molecule has 0 saturated heterocycles. The standard InChI is InChI=1S/C20H16N2O2/c1-11-7-6-8-12(2)18(11)22-19(23)16-13(3)21-15-10-5-4-9-14(15)17(16)20(22)24/h4-10H,1-3H3. The summed E-state index contributed by atoms with van der Waals surface area (Å²) in [5.74, 6) is -0.558. The number of nitrogens with zero attached hydrogens (tertiary/aromatic N) is 2. The van der Waals surface area contributed by atoms with E-state index in [9.17, 15) is 9.59 Å². The number of imide groups is 1. The summed E-state index contributed by atoms with van der Waals surface area (Å²) in [4.78, 5) is 32.0. The van der Waals surface area contributed by atoms with Crippen LogP contribution in [0.3, 0.4) is 0 Å². The predicted octanol–water partition coefficient (Wildman–Crippen LogP) is 3.96. The highest BCUT2D eigenvalue weighted by atomic mass is 16.2. The third-order valence-electron chi connectivity index (χ3n) is 4.57. The Morgan fingerprint density at radius 3 is 2.12 bits per heavy atom. The number of fused-ring (bicyclic) bond motifs is 3. The van der Waals surface area contributed by atoms with Crippen LogP contribution in [-0.4, -0.2) is 16.8 Å². The number of pyridine rings is 1. The van der Waals surface area contributed by atoms with E-state index in [1.54, 1.807) is 6.92 Å². The first-order chi connectivity index (χ1) is 11.5. The van der Waals surface area contributed by atoms with Crippen molar-refractivity contribution >= 4 is 28.4 Å². The van der Waals surface area contributed by atoms with Crippen molar-refractivity contribution in [2.75, 3.05) is 4.90 Å². The maximum absolute atomic E-state index is 13.2. The smallest absolute Gasteiger partial charge is 0.268 e. The number of rotatable bonds is 1. The maximum Gasteiger partial charge on any atom is 0.268 e. The quantitative estimate of drug-likeness (QED) is 0.639. The number of anilines is 1. The van der Waals surface area contributed by atoms with Gasteiger partial charge in [0.2, 0.25) is 0 Å². The number of carbonyl (C=O) groups excluding carboxylic acids is 2. The van der Waals surface area contributed by atoms with E-state index in [4.69, 9.17) is 0 Å².